The molecule has 0 spiro atoms. The largest absolute Gasteiger partial charge is 0.374 e. The van der Waals surface area contributed by atoms with Crippen LogP contribution in [0.2, 0.25) is 0 Å². The van der Waals surface area contributed by atoms with Gasteiger partial charge in [0.1, 0.15) is 6.04 Å². The molecule has 1 fully saturated rings. The molecule has 1 unspecified atom stereocenters. The summed E-state index contributed by atoms with van der Waals surface area (Å²) in [6, 6.07) is 8.38. The molecular formula is C21H35N3O. The maximum absolute atomic E-state index is 12.0. The Morgan fingerprint density at radius 2 is 1.88 bits per heavy atom. The minimum atomic E-state index is -0.216. The van der Waals surface area contributed by atoms with Crippen LogP contribution in [0, 0.1) is 0 Å². The zero-order chi connectivity index (χ0) is 18.7. The van der Waals surface area contributed by atoms with Crippen molar-refractivity contribution in [2.75, 3.05) is 32.5 Å². The number of likely N-dealkylation sites (N-methyl/N-ethyl adjacent to an activating group) is 1. The molecule has 1 saturated heterocycles. The summed E-state index contributed by atoms with van der Waals surface area (Å²) in [4.78, 5) is 14.3. The first kappa shape index (κ1) is 21.2. The SMILES string of the molecule is C=CCCC(Nc1ccc(C2CCN(C)CC2)cc1)C(=O)NC.CC. The Morgan fingerprint density at radius 3 is 2.40 bits per heavy atom. The summed E-state index contributed by atoms with van der Waals surface area (Å²) in [7, 11) is 3.86. The van der Waals surface area contributed by atoms with Gasteiger partial charge < -0.3 is 15.5 Å². The summed E-state index contributed by atoms with van der Waals surface area (Å²) in [5.74, 6) is 0.682. The van der Waals surface area contributed by atoms with Crippen molar-refractivity contribution in [1.29, 1.82) is 0 Å². The number of likely N-dealkylation sites (tertiary alicyclic amines) is 1. The summed E-state index contributed by atoms with van der Waals surface area (Å²) in [6.45, 7) is 10.1. The number of carbonyl (C=O) groups excluding carboxylic acids is 1. The quantitative estimate of drug-likeness (QED) is 0.734. The van der Waals surface area contributed by atoms with E-state index in [2.05, 4.69) is 53.4 Å². The van der Waals surface area contributed by atoms with Crippen LogP contribution in [0.25, 0.3) is 0 Å². The van der Waals surface area contributed by atoms with Crippen molar-refractivity contribution in [2.45, 2.75) is 51.5 Å². The maximum atomic E-state index is 12.0. The zero-order valence-corrected chi connectivity index (χ0v) is 16.3. The Morgan fingerprint density at radius 1 is 1.28 bits per heavy atom. The van der Waals surface area contributed by atoms with Crippen molar-refractivity contribution in [3.8, 4) is 0 Å². The number of benzene rings is 1. The van der Waals surface area contributed by atoms with Crippen LogP contribution in [0.5, 0.6) is 0 Å². The number of carbonyl (C=O) groups is 1. The molecule has 0 saturated carbocycles. The number of piperidine rings is 1. The monoisotopic (exact) mass is 345 g/mol. The maximum Gasteiger partial charge on any atom is 0.242 e. The molecule has 1 amide bonds. The van der Waals surface area contributed by atoms with Crippen molar-refractivity contribution < 1.29 is 4.79 Å². The van der Waals surface area contributed by atoms with Gasteiger partial charge in [-0.25, -0.2) is 0 Å². The minimum Gasteiger partial charge on any atom is -0.374 e. The van der Waals surface area contributed by atoms with E-state index in [1.54, 1.807) is 7.05 Å². The second-order valence-corrected chi connectivity index (χ2v) is 6.38. The van der Waals surface area contributed by atoms with Gasteiger partial charge in [0, 0.05) is 12.7 Å². The standard InChI is InChI=1S/C19H29N3O.C2H6/c1-4-5-6-18(19(23)20-2)21-17-9-7-15(8-10-17)16-11-13-22(3)14-12-16;1-2/h4,7-10,16,18,21H,1,5-6,11-14H2,2-3H3,(H,20,23);1-2H3. The molecule has 0 aliphatic carbocycles. The fourth-order valence-corrected chi connectivity index (χ4v) is 3.12. The number of hydrogen-bond donors (Lipinski definition) is 2. The first-order valence-corrected chi connectivity index (χ1v) is 9.51. The van der Waals surface area contributed by atoms with Crippen molar-refractivity contribution in [2.24, 2.45) is 0 Å². The van der Waals surface area contributed by atoms with Crippen LogP contribution in [0.15, 0.2) is 36.9 Å². The molecule has 2 N–H and O–H groups in total. The molecule has 25 heavy (non-hydrogen) atoms. The Kier molecular flexibility index (Phi) is 9.93. The third-order valence-electron chi connectivity index (χ3n) is 4.66. The van der Waals surface area contributed by atoms with Gasteiger partial charge in [0.2, 0.25) is 5.91 Å². The lowest BCUT2D eigenvalue weighted by molar-refractivity contribution is -0.121. The van der Waals surface area contributed by atoms with Gasteiger partial charge in [-0.15, -0.1) is 6.58 Å². The number of hydrogen-bond acceptors (Lipinski definition) is 3. The fraction of sp³-hybridized carbons (Fsp3) is 0.571. The van der Waals surface area contributed by atoms with Crippen LogP contribution < -0.4 is 10.6 Å². The number of nitrogens with one attached hydrogen (secondary N) is 2. The predicted molar refractivity (Wildman–Crippen MR) is 108 cm³/mol. The smallest absolute Gasteiger partial charge is 0.242 e. The van der Waals surface area contributed by atoms with E-state index in [1.165, 1.54) is 31.5 Å². The van der Waals surface area contributed by atoms with Gasteiger partial charge in [-0.3, -0.25) is 4.79 Å². The average Bonchev–Trinajstić information content (AvgIpc) is 2.67. The number of rotatable bonds is 7. The van der Waals surface area contributed by atoms with E-state index in [0.29, 0.717) is 5.92 Å². The molecule has 1 aliphatic rings. The summed E-state index contributed by atoms with van der Waals surface area (Å²) in [5, 5.41) is 6.05. The van der Waals surface area contributed by atoms with Gasteiger partial charge in [0.15, 0.2) is 0 Å². The Bertz CT molecular complexity index is 504. The van der Waals surface area contributed by atoms with E-state index in [4.69, 9.17) is 0 Å². The second kappa shape index (κ2) is 11.7. The van der Waals surface area contributed by atoms with E-state index in [0.717, 1.165) is 18.5 Å². The third kappa shape index (κ3) is 6.91. The van der Waals surface area contributed by atoms with Crippen LogP contribution in [-0.4, -0.2) is 44.0 Å². The van der Waals surface area contributed by atoms with Crippen molar-refractivity contribution in [3.05, 3.63) is 42.5 Å². The van der Waals surface area contributed by atoms with Gasteiger partial charge in [0.05, 0.1) is 0 Å². The molecule has 1 heterocycles. The average molecular weight is 346 g/mol. The highest BCUT2D eigenvalue weighted by Crippen LogP contribution is 2.28. The molecule has 1 atom stereocenters. The van der Waals surface area contributed by atoms with Crippen molar-refractivity contribution in [1.82, 2.24) is 10.2 Å². The Labute approximate surface area is 153 Å². The third-order valence-corrected chi connectivity index (χ3v) is 4.66. The van der Waals surface area contributed by atoms with E-state index in [-0.39, 0.29) is 11.9 Å². The lowest BCUT2D eigenvalue weighted by Crippen LogP contribution is -2.37. The highest BCUT2D eigenvalue weighted by atomic mass is 16.2. The Hall–Kier alpha value is -1.81. The summed E-state index contributed by atoms with van der Waals surface area (Å²) < 4.78 is 0. The van der Waals surface area contributed by atoms with Crippen molar-refractivity contribution >= 4 is 11.6 Å². The molecule has 2 rings (SSSR count). The summed E-state index contributed by atoms with van der Waals surface area (Å²) >= 11 is 0. The van der Waals surface area contributed by atoms with Crippen LogP contribution in [0.1, 0.15) is 51.0 Å². The molecule has 0 bridgehead atoms. The van der Waals surface area contributed by atoms with Crippen molar-refractivity contribution in [3.63, 3.8) is 0 Å². The zero-order valence-electron chi connectivity index (χ0n) is 16.3. The molecule has 1 aliphatic heterocycles. The molecule has 0 aromatic heterocycles. The van der Waals surface area contributed by atoms with Crippen LogP contribution >= 0.6 is 0 Å². The first-order valence-electron chi connectivity index (χ1n) is 9.51. The normalized spacial score (nSPS) is 16.3. The number of anilines is 1. The van der Waals surface area contributed by atoms with Gasteiger partial charge in [-0.2, -0.15) is 0 Å². The minimum absolute atomic E-state index is 0.0197. The Balaban J connectivity index is 0.00000151. The number of allylic oxidation sites excluding steroid dienone is 1. The first-order chi connectivity index (χ1) is 12.1. The van der Waals surface area contributed by atoms with Gasteiger partial charge in [-0.05, 0) is 69.4 Å². The highest BCUT2D eigenvalue weighted by Gasteiger charge is 2.19. The van der Waals surface area contributed by atoms with E-state index in [9.17, 15) is 4.79 Å². The van der Waals surface area contributed by atoms with E-state index < -0.39 is 0 Å². The van der Waals surface area contributed by atoms with Gasteiger partial charge >= 0.3 is 0 Å². The topological polar surface area (TPSA) is 44.4 Å². The molecule has 1 aromatic carbocycles. The summed E-state index contributed by atoms with van der Waals surface area (Å²) in [6.07, 6.45) is 5.87. The predicted octanol–water partition coefficient (Wildman–Crippen LogP) is 4.01. The molecule has 4 nitrogen and oxygen atoms in total. The van der Waals surface area contributed by atoms with Gasteiger partial charge in [0.25, 0.3) is 0 Å². The lowest BCUT2D eigenvalue weighted by atomic mass is 9.89. The number of nitrogens with zero attached hydrogens (tertiary/aromatic N) is 1. The van der Waals surface area contributed by atoms with Crippen LogP contribution in [-0.2, 0) is 4.79 Å². The van der Waals surface area contributed by atoms with E-state index >= 15 is 0 Å². The molecule has 0 radical (unpaired) electrons. The van der Waals surface area contributed by atoms with Crippen LogP contribution in [0.4, 0.5) is 5.69 Å². The second-order valence-electron chi connectivity index (χ2n) is 6.38. The van der Waals surface area contributed by atoms with Crippen LogP contribution in [0.3, 0.4) is 0 Å². The van der Waals surface area contributed by atoms with Gasteiger partial charge in [-0.1, -0.05) is 32.1 Å². The molecular weight excluding hydrogens is 310 g/mol. The highest BCUT2D eigenvalue weighted by molar-refractivity contribution is 5.84. The van der Waals surface area contributed by atoms with E-state index in [1.807, 2.05) is 19.9 Å². The molecule has 140 valence electrons. The number of amides is 1. The summed E-state index contributed by atoms with van der Waals surface area (Å²) in [5.41, 5.74) is 2.41. The molecule has 1 aromatic rings. The fourth-order valence-electron chi connectivity index (χ4n) is 3.12. The molecule has 4 heteroatoms. The lowest BCUT2D eigenvalue weighted by Gasteiger charge is -2.29.